The lowest BCUT2D eigenvalue weighted by atomic mass is 10.2. The van der Waals surface area contributed by atoms with Gasteiger partial charge in [-0.1, -0.05) is 23.7 Å². The molecule has 2 amide bonds. The lowest BCUT2D eigenvalue weighted by molar-refractivity contribution is -0.122. The molecular formula is C17H14ClF3N2O2S. The number of carbonyl (C=O) groups excluding carboxylic acids is 2. The van der Waals surface area contributed by atoms with Crippen molar-refractivity contribution >= 4 is 40.9 Å². The van der Waals surface area contributed by atoms with Crippen LogP contribution in [0.4, 0.5) is 18.9 Å². The van der Waals surface area contributed by atoms with Gasteiger partial charge in [0.1, 0.15) is 0 Å². The third-order valence-corrected chi connectivity index (χ3v) is 4.39. The summed E-state index contributed by atoms with van der Waals surface area (Å²) < 4.78 is 39.3. The molecule has 0 radical (unpaired) electrons. The Morgan fingerprint density at radius 2 is 1.81 bits per heavy atom. The zero-order valence-electron chi connectivity index (χ0n) is 13.3. The minimum atomic E-state index is -1.68. The Morgan fingerprint density at radius 1 is 1.04 bits per heavy atom. The average Bonchev–Trinajstić information content (AvgIpc) is 2.60. The Bertz CT molecular complexity index is 821. The first-order valence-corrected chi connectivity index (χ1v) is 8.92. The van der Waals surface area contributed by atoms with Gasteiger partial charge in [0.15, 0.2) is 17.5 Å². The predicted octanol–water partition coefficient (Wildman–Crippen LogP) is 3.75. The number of halogens is 4. The van der Waals surface area contributed by atoms with Crippen molar-refractivity contribution in [3.8, 4) is 0 Å². The zero-order valence-corrected chi connectivity index (χ0v) is 14.9. The van der Waals surface area contributed by atoms with Crippen LogP contribution in [0.5, 0.6) is 0 Å². The van der Waals surface area contributed by atoms with E-state index in [1.165, 1.54) is 11.8 Å². The SMILES string of the molecule is O=C(CSCc1cccc(Cl)c1)NCC(=O)Nc1ccc(F)c(F)c1F. The Balaban J connectivity index is 1.73. The maximum atomic E-state index is 13.4. The van der Waals surface area contributed by atoms with Crippen LogP contribution in [-0.2, 0) is 15.3 Å². The highest BCUT2D eigenvalue weighted by molar-refractivity contribution is 7.99. The molecule has 4 nitrogen and oxygen atoms in total. The second kappa shape index (κ2) is 9.49. The van der Waals surface area contributed by atoms with Crippen molar-refractivity contribution in [2.45, 2.75) is 5.75 Å². The minimum absolute atomic E-state index is 0.110. The molecule has 0 spiro atoms. The highest BCUT2D eigenvalue weighted by Gasteiger charge is 2.15. The van der Waals surface area contributed by atoms with Crippen molar-refractivity contribution in [3.63, 3.8) is 0 Å². The van der Waals surface area contributed by atoms with E-state index in [-0.39, 0.29) is 5.75 Å². The lowest BCUT2D eigenvalue weighted by Gasteiger charge is -2.08. The number of amides is 2. The van der Waals surface area contributed by atoms with Crippen molar-refractivity contribution < 1.29 is 22.8 Å². The van der Waals surface area contributed by atoms with Gasteiger partial charge in [0, 0.05) is 10.8 Å². The summed E-state index contributed by atoms with van der Waals surface area (Å²) in [5, 5.41) is 5.03. The fraction of sp³-hybridized carbons (Fsp3) is 0.176. The smallest absolute Gasteiger partial charge is 0.243 e. The average molecular weight is 403 g/mol. The molecule has 0 saturated heterocycles. The van der Waals surface area contributed by atoms with E-state index in [0.29, 0.717) is 16.8 Å². The highest BCUT2D eigenvalue weighted by Crippen LogP contribution is 2.19. The van der Waals surface area contributed by atoms with E-state index in [2.05, 4.69) is 10.6 Å². The van der Waals surface area contributed by atoms with Crippen molar-refractivity contribution in [2.75, 3.05) is 17.6 Å². The van der Waals surface area contributed by atoms with E-state index >= 15 is 0 Å². The zero-order chi connectivity index (χ0) is 19.1. The van der Waals surface area contributed by atoms with Crippen molar-refractivity contribution in [1.82, 2.24) is 5.32 Å². The van der Waals surface area contributed by atoms with Gasteiger partial charge < -0.3 is 10.6 Å². The molecule has 0 aliphatic heterocycles. The van der Waals surface area contributed by atoms with E-state index in [1.54, 1.807) is 18.2 Å². The molecule has 2 rings (SSSR count). The van der Waals surface area contributed by atoms with Gasteiger partial charge in [0.25, 0.3) is 0 Å². The van der Waals surface area contributed by atoms with Crippen molar-refractivity contribution in [1.29, 1.82) is 0 Å². The van der Waals surface area contributed by atoms with Crippen molar-refractivity contribution in [2.24, 2.45) is 0 Å². The van der Waals surface area contributed by atoms with E-state index in [9.17, 15) is 22.8 Å². The Labute approximate surface area is 157 Å². The molecule has 0 aliphatic carbocycles. The van der Waals surface area contributed by atoms with E-state index in [1.807, 2.05) is 6.07 Å². The maximum Gasteiger partial charge on any atom is 0.243 e. The summed E-state index contributed by atoms with van der Waals surface area (Å²) in [6, 6.07) is 8.81. The molecule has 0 aromatic heterocycles. The third kappa shape index (κ3) is 5.96. The molecule has 0 heterocycles. The second-order valence-corrected chi connectivity index (χ2v) is 6.59. The largest absolute Gasteiger partial charge is 0.346 e. The highest BCUT2D eigenvalue weighted by atomic mass is 35.5. The Hall–Kier alpha value is -2.19. The summed E-state index contributed by atoms with van der Waals surface area (Å²) in [5.41, 5.74) is 0.459. The van der Waals surface area contributed by atoms with Gasteiger partial charge in [-0.25, -0.2) is 13.2 Å². The van der Waals surface area contributed by atoms with E-state index in [4.69, 9.17) is 11.6 Å². The van der Waals surface area contributed by atoms with Crippen LogP contribution in [0.15, 0.2) is 36.4 Å². The van der Waals surface area contributed by atoms with Gasteiger partial charge in [0.2, 0.25) is 11.8 Å². The summed E-state index contributed by atoms with van der Waals surface area (Å²) in [4.78, 5) is 23.4. The Morgan fingerprint density at radius 3 is 2.54 bits per heavy atom. The summed E-state index contributed by atoms with van der Waals surface area (Å²) in [5.74, 6) is -5.00. The van der Waals surface area contributed by atoms with E-state index in [0.717, 1.165) is 11.6 Å². The van der Waals surface area contributed by atoms with Crippen LogP contribution in [-0.4, -0.2) is 24.1 Å². The van der Waals surface area contributed by atoms with E-state index < -0.39 is 41.5 Å². The normalized spacial score (nSPS) is 10.5. The van der Waals surface area contributed by atoms with Crippen LogP contribution < -0.4 is 10.6 Å². The first-order chi connectivity index (χ1) is 12.4. The molecule has 0 bridgehead atoms. The predicted molar refractivity (Wildman–Crippen MR) is 95.6 cm³/mol. The van der Waals surface area contributed by atoms with Gasteiger partial charge in [-0.15, -0.1) is 11.8 Å². The maximum absolute atomic E-state index is 13.4. The number of thioether (sulfide) groups is 1. The third-order valence-electron chi connectivity index (χ3n) is 3.15. The van der Waals surface area contributed by atoms with Gasteiger partial charge in [-0.05, 0) is 29.8 Å². The van der Waals surface area contributed by atoms with Crippen molar-refractivity contribution in [3.05, 3.63) is 64.4 Å². The van der Waals surface area contributed by atoms with Crippen LogP contribution in [0.2, 0.25) is 5.02 Å². The van der Waals surface area contributed by atoms with Crippen LogP contribution in [0, 0.1) is 17.5 Å². The first kappa shape index (κ1) is 20.1. The molecule has 0 atom stereocenters. The van der Waals surface area contributed by atoms with Crippen LogP contribution in [0.3, 0.4) is 0 Å². The molecule has 9 heteroatoms. The lowest BCUT2D eigenvalue weighted by Crippen LogP contribution is -2.34. The number of hydrogen-bond donors (Lipinski definition) is 2. The molecule has 2 aromatic carbocycles. The fourth-order valence-corrected chi connectivity index (χ4v) is 2.95. The quantitative estimate of drug-likeness (QED) is 0.693. The summed E-state index contributed by atoms with van der Waals surface area (Å²) >= 11 is 7.19. The minimum Gasteiger partial charge on any atom is -0.346 e. The molecule has 0 unspecified atom stereocenters. The number of nitrogens with one attached hydrogen (secondary N) is 2. The topological polar surface area (TPSA) is 58.2 Å². The molecule has 0 fully saturated rings. The fourth-order valence-electron chi connectivity index (χ4n) is 1.94. The van der Waals surface area contributed by atoms with Gasteiger partial charge in [0.05, 0.1) is 18.0 Å². The van der Waals surface area contributed by atoms with Crippen LogP contribution >= 0.6 is 23.4 Å². The second-order valence-electron chi connectivity index (χ2n) is 5.17. The molecule has 2 aromatic rings. The molecule has 0 aliphatic rings. The van der Waals surface area contributed by atoms with Crippen LogP contribution in [0.25, 0.3) is 0 Å². The number of benzene rings is 2. The van der Waals surface area contributed by atoms with Gasteiger partial charge in [-0.2, -0.15) is 0 Å². The van der Waals surface area contributed by atoms with Gasteiger partial charge in [-0.3, -0.25) is 9.59 Å². The number of carbonyl (C=O) groups is 2. The number of anilines is 1. The molecule has 26 heavy (non-hydrogen) atoms. The summed E-state index contributed by atoms with van der Waals surface area (Å²) in [7, 11) is 0. The van der Waals surface area contributed by atoms with Crippen LogP contribution in [0.1, 0.15) is 5.56 Å². The monoisotopic (exact) mass is 402 g/mol. The first-order valence-electron chi connectivity index (χ1n) is 7.39. The molecule has 138 valence electrons. The van der Waals surface area contributed by atoms with Gasteiger partial charge >= 0.3 is 0 Å². The molecule has 0 saturated carbocycles. The number of rotatable bonds is 7. The molecule has 2 N–H and O–H groups in total. The standard InChI is InChI=1S/C17H14ClF3N2O2S/c18-11-3-1-2-10(6-11)8-26-9-15(25)22-7-14(24)23-13-5-4-12(19)16(20)17(13)21/h1-6H,7-9H2,(H,22,25)(H,23,24). The molecular weight excluding hydrogens is 389 g/mol. The summed E-state index contributed by atoms with van der Waals surface area (Å²) in [6.07, 6.45) is 0. The number of hydrogen-bond acceptors (Lipinski definition) is 3. The Kier molecular flexibility index (Phi) is 7.35. The summed E-state index contributed by atoms with van der Waals surface area (Å²) in [6.45, 7) is -0.422.